The Balaban J connectivity index is 2.11. The number of aldehydes is 1. The first-order chi connectivity index (χ1) is 15.3. The Morgan fingerprint density at radius 2 is 1.88 bits per heavy atom. The molecule has 0 N–H and O–H groups in total. The van der Waals surface area contributed by atoms with Crippen LogP contribution in [0.15, 0.2) is 51.9 Å². The summed E-state index contributed by atoms with van der Waals surface area (Å²) in [7, 11) is -2.76. The van der Waals surface area contributed by atoms with E-state index in [9.17, 15) is 17.6 Å². The van der Waals surface area contributed by atoms with Gasteiger partial charge in [-0.1, -0.05) is 35.5 Å². The number of hydrogen-bond donors (Lipinski definition) is 0. The van der Waals surface area contributed by atoms with E-state index in [4.69, 9.17) is 14.0 Å². The summed E-state index contributed by atoms with van der Waals surface area (Å²) < 4.78 is 58.9. The number of rotatable bonds is 10. The minimum Gasteiger partial charge on any atom is -0.382 e. The Bertz CT molecular complexity index is 1210. The first kappa shape index (κ1) is 23.6. The van der Waals surface area contributed by atoms with Crippen LogP contribution in [0, 0.1) is 19.7 Å². The van der Waals surface area contributed by atoms with Crippen LogP contribution in [0.3, 0.4) is 0 Å². The maximum Gasteiger partial charge on any atom is 0.269 e. The molecule has 0 unspecified atom stereocenters. The molecule has 8 nitrogen and oxygen atoms in total. The van der Waals surface area contributed by atoms with Crippen LogP contribution >= 0.6 is 0 Å². The van der Waals surface area contributed by atoms with Crippen LogP contribution in [0.4, 0.5) is 10.3 Å². The molecule has 0 aliphatic heterocycles. The lowest BCUT2D eigenvalue weighted by molar-refractivity contribution is 0.0744. The van der Waals surface area contributed by atoms with Crippen molar-refractivity contribution in [3.8, 4) is 11.1 Å². The van der Waals surface area contributed by atoms with Gasteiger partial charge in [0.25, 0.3) is 10.0 Å². The van der Waals surface area contributed by atoms with Crippen LogP contribution in [0.25, 0.3) is 11.1 Å². The van der Waals surface area contributed by atoms with Gasteiger partial charge in [0.2, 0.25) is 5.88 Å². The normalized spacial score (nSPS) is 11.5. The highest BCUT2D eigenvalue weighted by Gasteiger charge is 2.32. The lowest BCUT2D eigenvalue weighted by Gasteiger charge is -2.23. The lowest BCUT2D eigenvalue weighted by Crippen LogP contribution is -2.34. The van der Waals surface area contributed by atoms with Crippen LogP contribution in [0.1, 0.15) is 21.6 Å². The number of carbonyl (C=O) groups excluding carboxylic acids is 1. The molecule has 0 aliphatic carbocycles. The van der Waals surface area contributed by atoms with Crippen molar-refractivity contribution in [1.29, 1.82) is 0 Å². The number of aryl methyl sites for hydroxylation is 1. The molecule has 0 amide bonds. The number of ether oxygens (including phenoxy) is 2. The maximum absolute atomic E-state index is 14.7. The monoisotopic (exact) mass is 462 g/mol. The van der Waals surface area contributed by atoms with Crippen molar-refractivity contribution in [2.75, 3.05) is 31.4 Å². The molecule has 2 aromatic carbocycles. The number of aromatic nitrogens is 1. The standard InChI is InChI=1S/C22H23FN2O6S/c1-15-16(2)24-31-22(15)25(14-30-11-10-29-3)32(27,28)21-7-5-4-6-19(21)18-9-8-17(13-26)12-20(18)23/h4-9,12-13H,10-11,14H2,1-3H3. The second-order valence-electron chi connectivity index (χ2n) is 6.94. The first-order valence-corrected chi connectivity index (χ1v) is 11.1. The van der Waals surface area contributed by atoms with E-state index in [0.29, 0.717) is 17.5 Å². The number of anilines is 1. The second-order valence-corrected chi connectivity index (χ2v) is 8.77. The number of halogens is 1. The molecule has 0 bridgehead atoms. The van der Waals surface area contributed by atoms with E-state index in [2.05, 4.69) is 5.16 Å². The van der Waals surface area contributed by atoms with Gasteiger partial charge in [-0.25, -0.2) is 17.1 Å². The quantitative estimate of drug-likeness (QED) is 0.257. The third kappa shape index (κ3) is 4.72. The van der Waals surface area contributed by atoms with Crippen LogP contribution < -0.4 is 4.31 Å². The Morgan fingerprint density at radius 1 is 1.12 bits per heavy atom. The van der Waals surface area contributed by atoms with Crippen molar-refractivity contribution >= 4 is 22.2 Å². The molecule has 0 saturated carbocycles. The molecule has 3 rings (SSSR count). The molecule has 1 aromatic heterocycles. The number of hydrogen-bond acceptors (Lipinski definition) is 7. The predicted octanol–water partition coefficient (Wildman–Crippen LogP) is 3.73. The van der Waals surface area contributed by atoms with E-state index in [1.165, 1.54) is 37.4 Å². The van der Waals surface area contributed by atoms with Crippen LogP contribution in [-0.2, 0) is 19.5 Å². The minimum atomic E-state index is -4.26. The number of benzene rings is 2. The summed E-state index contributed by atoms with van der Waals surface area (Å²) in [6.45, 7) is 3.44. The molecular formula is C22H23FN2O6S. The van der Waals surface area contributed by atoms with E-state index >= 15 is 0 Å². The highest BCUT2D eigenvalue weighted by atomic mass is 32.2. The van der Waals surface area contributed by atoms with Crippen LogP contribution in [-0.4, -0.2) is 46.9 Å². The van der Waals surface area contributed by atoms with Crippen molar-refractivity contribution in [3.05, 3.63) is 65.1 Å². The van der Waals surface area contributed by atoms with Crippen molar-refractivity contribution in [3.63, 3.8) is 0 Å². The molecule has 170 valence electrons. The molecule has 0 atom stereocenters. The fraction of sp³-hybridized carbons (Fsp3) is 0.273. The van der Waals surface area contributed by atoms with Gasteiger partial charge < -0.3 is 14.0 Å². The molecule has 10 heteroatoms. The molecule has 32 heavy (non-hydrogen) atoms. The Kier molecular flexibility index (Phi) is 7.39. The molecule has 0 saturated heterocycles. The highest BCUT2D eigenvalue weighted by molar-refractivity contribution is 7.93. The molecular weight excluding hydrogens is 439 g/mol. The van der Waals surface area contributed by atoms with Gasteiger partial charge in [0.1, 0.15) is 18.8 Å². The maximum atomic E-state index is 14.7. The molecule has 1 heterocycles. The first-order valence-electron chi connectivity index (χ1n) is 9.67. The third-order valence-corrected chi connectivity index (χ3v) is 6.64. The van der Waals surface area contributed by atoms with Crippen LogP contribution in [0.5, 0.6) is 0 Å². The highest BCUT2D eigenvalue weighted by Crippen LogP contribution is 2.34. The van der Waals surface area contributed by atoms with Gasteiger partial charge in [-0.15, -0.1) is 0 Å². The van der Waals surface area contributed by atoms with Crippen molar-refractivity contribution in [2.24, 2.45) is 0 Å². The fourth-order valence-corrected chi connectivity index (χ4v) is 4.56. The summed E-state index contributed by atoms with van der Waals surface area (Å²) in [5.41, 5.74) is 1.38. The second kappa shape index (κ2) is 10.0. The number of nitrogens with zero attached hydrogens (tertiary/aromatic N) is 2. The zero-order chi connectivity index (χ0) is 23.3. The predicted molar refractivity (Wildman–Crippen MR) is 116 cm³/mol. The fourth-order valence-electron chi connectivity index (χ4n) is 3.02. The summed E-state index contributed by atoms with van der Waals surface area (Å²) in [6.07, 6.45) is 0.517. The molecule has 0 radical (unpaired) electrons. The summed E-state index contributed by atoms with van der Waals surface area (Å²) in [4.78, 5) is 10.8. The largest absolute Gasteiger partial charge is 0.382 e. The Hall–Kier alpha value is -3.08. The summed E-state index contributed by atoms with van der Waals surface area (Å²) in [5, 5.41) is 3.85. The van der Waals surface area contributed by atoms with E-state index in [-0.39, 0.29) is 47.4 Å². The molecule has 0 aliphatic rings. The summed E-state index contributed by atoms with van der Waals surface area (Å²) in [5.74, 6) is -0.710. The van der Waals surface area contributed by atoms with E-state index in [1.54, 1.807) is 19.9 Å². The number of carbonyl (C=O) groups is 1. The van der Waals surface area contributed by atoms with E-state index in [0.717, 1.165) is 10.4 Å². The molecule has 3 aromatic rings. The average Bonchev–Trinajstić information content (AvgIpc) is 3.11. The lowest BCUT2D eigenvalue weighted by atomic mass is 10.0. The molecule has 0 fully saturated rings. The summed E-state index contributed by atoms with van der Waals surface area (Å²) >= 11 is 0. The SMILES string of the molecule is COCCOCN(c1onc(C)c1C)S(=O)(=O)c1ccccc1-c1ccc(C=O)cc1F. The Morgan fingerprint density at radius 3 is 2.50 bits per heavy atom. The summed E-state index contributed by atoms with van der Waals surface area (Å²) in [6, 6.07) is 9.86. The van der Waals surface area contributed by atoms with Gasteiger partial charge in [0.15, 0.2) is 0 Å². The van der Waals surface area contributed by atoms with Gasteiger partial charge in [0, 0.05) is 29.4 Å². The van der Waals surface area contributed by atoms with Gasteiger partial charge in [-0.2, -0.15) is 0 Å². The smallest absolute Gasteiger partial charge is 0.269 e. The number of sulfonamides is 1. The van der Waals surface area contributed by atoms with Gasteiger partial charge >= 0.3 is 0 Å². The van der Waals surface area contributed by atoms with Crippen molar-refractivity contribution < 1.29 is 31.6 Å². The van der Waals surface area contributed by atoms with Gasteiger partial charge in [-0.05, 0) is 26.0 Å². The minimum absolute atomic E-state index is 0.00601. The van der Waals surface area contributed by atoms with Crippen molar-refractivity contribution in [2.45, 2.75) is 18.7 Å². The zero-order valence-electron chi connectivity index (χ0n) is 17.9. The van der Waals surface area contributed by atoms with Gasteiger partial charge in [0.05, 0.1) is 23.8 Å². The van der Waals surface area contributed by atoms with E-state index in [1.807, 2.05) is 0 Å². The van der Waals surface area contributed by atoms with Crippen molar-refractivity contribution in [1.82, 2.24) is 5.16 Å². The topological polar surface area (TPSA) is 98.9 Å². The average molecular weight is 462 g/mol. The number of methoxy groups -OCH3 is 1. The van der Waals surface area contributed by atoms with Crippen LogP contribution in [0.2, 0.25) is 0 Å². The Labute approximate surface area is 185 Å². The van der Waals surface area contributed by atoms with E-state index < -0.39 is 15.8 Å². The zero-order valence-corrected chi connectivity index (χ0v) is 18.7. The van der Waals surface area contributed by atoms with Gasteiger partial charge in [-0.3, -0.25) is 4.79 Å². The third-order valence-electron chi connectivity index (χ3n) is 4.87. The molecule has 0 spiro atoms.